The lowest BCUT2D eigenvalue weighted by Gasteiger charge is -2.06. The molecule has 0 aliphatic heterocycles. The Morgan fingerprint density at radius 2 is 2.09 bits per heavy atom. The Morgan fingerprint density at radius 1 is 1.18 bits per heavy atom. The molecule has 112 valence electrons. The van der Waals surface area contributed by atoms with Crippen LogP contribution in [0.15, 0.2) is 53.6 Å². The van der Waals surface area contributed by atoms with Crippen molar-refractivity contribution in [2.45, 2.75) is 13.0 Å². The van der Waals surface area contributed by atoms with Crippen LogP contribution in [0, 0.1) is 0 Å². The predicted molar refractivity (Wildman–Crippen MR) is 82.8 cm³/mol. The number of pyridine rings is 2. The predicted octanol–water partition coefficient (Wildman–Crippen LogP) is 1.13. The first kappa shape index (κ1) is 14.2. The average molecular weight is 296 g/mol. The molecule has 0 bridgehead atoms. The summed E-state index contributed by atoms with van der Waals surface area (Å²) in [7, 11) is 0. The summed E-state index contributed by atoms with van der Waals surface area (Å²) in [5.74, 6) is -0.00469. The summed E-state index contributed by atoms with van der Waals surface area (Å²) in [5.41, 5.74) is 1.69. The molecule has 2 N–H and O–H groups in total. The minimum Gasteiger partial charge on any atom is -0.504 e. The Balaban J connectivity index is 1.67. The summed E-state index contributed by atoms with van der Waals surface area (Å²) in [6, 6.07) is 10.4. The highest BCUT2D eigenvalue weighted by Crippen LogP contribution is 2.13. The monoisotopic (exact) mass is 296 g/mol. The number of nitrogens with one attached hydrogen (secondary N) is 1. The van der Waals surface area contributed by atoms with Crippen LogP contribution in [-0.4, -0.2) is 26.0 Å². The second kappa shape index (κ2) is 6.36. The Hall–Kier alpha value is -2.73. The van der Waals surface area contributed by atoms with Crippen LogP contribution in [0.3, 0.4) is 0 Å². The molecule has 0 spiro atoms. The molecule has 0 aliphatic rings. The van der Waals surface area contributed by atoms with Crippen molar-refractivity contribution < 1.29 is 5.11 Å². The van der Waals surface area contributed by atoms with Crippen LogP contribution in [0.5, 0.6) is 5.75 Å². The van der Waals surface area contributed by atoms with Gasteiger partial charge in [-0.05, 0) is 24.3 Å². The summed E-state index contributed by atoms with van der Waals surface area (Å²) in [6.45, 7) is 1.20. The maximum Gasteiger partial charge on any atom is 0.258 e. The Bertz CT molecular complexity index is 830. The Morgan fingerprint density at radius 3 is 2.91 bits per heavy atom. The maximum atomic E-state index is 12.0. The number of aromatic hydroxyl groups is 1. The summed E-state index contributed by atoms with van der Waals surface area (Å²) < 4.78 is 1.33. The lowest BCUT2D eigenvalue weighted by Crippen LogP contribution is -2.21. The van der Waals surface area contributed by atoms with Crippen molar-refractivity contribution in [1.82, 2.24) is 19.7 Å². The van der Waals surface area contributed by atoms with Gasteiger partial charge in [0.05, 0.1) is 5.69 Å². The van der Waals surface area contributed by atoms with E-state index < -0.39 is 0 Å². The van der Waals surface area contributed by atoms with Crippen LogP contribution in [0.2, 0.25) is 0 Å². The van der Waals surface area contributed by atoms with Crippen LogP contribution in [0.1, 0.15) is 11.4 Å². The van der Waals surface area contributed by atoms with E-state index in [1.54, 1.807) is 18.5 Å². The van der Waals surface area contributed by atoms with Gasteiger partial charge >= 0.3 is 0 Å². The van der Waals surface area contributed by atoms with Crippen LogP contribution in [0.25, 0.3) is 5.65 Å². The first-order valence-electron chi connectivity index (χ1n) is 7.05. The second-order valence-electron chi connectivity index (χ2n) is 4.92. The van der Waals surface area contributed by atoms with Crippen molar-refractivity contribution in [1.29, 1.82) is 0 Å². The SMILES string of the molecule is O=c1cc(CNCCc2ccccn2)nc2c(O)cccn12. The van der Waals surface area contributed by atoms with E-state index in [4.69, 9.17) is 0 Å². The Labute approximate surface area is 127 Å². The van der Waals surface area contributed by atoms with Gasteiger partial charge in [0.2, 0.25) is 0 Å². The van der Waals surface area contributed by atoms with Gasteiger partial charge in [0.25, 0.3) is 5.56 Å². The van der Waals surface area contributed by atoms with Crippen molar-refractivity contribution in [3.8, 4) is 5.75 Å². The zero-order valence-corrected chi connectivity index (χ0v) is 11.9. The van der Waals surface area contributed by atoms with Gasteiger partial charge in [-0.25, -0.2) is 4.98 Å². The molecular weight excluding hydrogens is 280 g/mol. The molecule has 0 radical (unpaired) electrons. The van der Waals surface area contributed by atoms with Gasteiger partial charge in [-0.3, -0.25) is 14.2 Å². The molecule has 3 aromatic heterocycles. The largest absolute Gasteiger partial charge is 0.504 e. The fraction of sp³-hybridized carbons (Fsp3) is 0.188. The van der Waals surface area contributed by atoms with E-state index in [0.29, 0.717) is 12.2 Å². The van der Waals surface area contributed by atoms with E-state index >= 15 is 0 Å². The summed E-state index contributed by atoms with van der Waals surface area (Å²) in [4.78, 5) is 20.5. The molecule has 3 aromatic rings. The number of fused-ring (bicyclic) bond motifs is 1. The number of rotatable bonds is 5. The zero-order valence-electron chi connectivity index (χ0n) is 11.9. The molecule has 3 rings (SSSR count). The van der Waals surface area contributed by atoms with Gasteiger partial charge in [-0.1, -0.05) is 6.07 Å². The highest BCUT2D eigenvalue weighted by molar-refractivity contribution is 5.52. The first-order valence-corrected chi connectivity index (χ1v) is 7.05. The summed E-state index contributed by atoms with van der Waals surface area (Å²) in [5, 5.41) is 13.0. The number of aromatic nitrogens is 3. The topological polar surface area (TPSA) is 79.5 Å². The standard InChI is InChI=1S/C16H16N4O2/c21-14-5-3-9-20-15(22)10-13(19-16(14)20)11-17-8-6-12-4-1-2-7-18-12/h1-5,7,9-10,17,21H,6,8,11H2. The molecule has 0 atom stereocenters. The summed E-state index contributed by atoms with van der Waals surface area (Å²) in [6.07, 6.45) is 4.16. The van der Waals surface area contributed by atoms with E-state index in [0.717, 1.165) is 18.7 Å². The van der Waals surface area contributed by atoms with Gasteiger partial charge in [0.1, 0.15) is 0 Å². The molecule has 22 heavy (non-hydrogen) atoms. The smallest absolute Gasteiger partial charge is 0.258 e. The molecule has 6 heteroatoms. The molecule has 0 amide bonds. The van der Waals surface area contributed by atoms with Crippen LogP contribution >= 0.6 is 0 Å². The van der Waals surface area contributed by atoms with E-state index in [1.165, 1.54) is 16.5 Å². The number of nitrogens with zero attached hydrogens (tertiary/aromatic N) is 3. The molecule has 0 unspecified atom stereocenters. The first-order chi connectivity index (χ1) is 10.7. The van der Waals surface area contributed by atoms with Crippen molar-refractivity contribution in [3.63, 3.8) is 0 Å². The fourth-order valence-electron chi connectivity index (χ4n) is 2.23. The van der Waals surface area contributed by atoms with Crippen molar-refractivity contribution in [3.05, 3.63) is 70.5 Å². The molecule has 3 heterocycles. The minimum absolute atomic E-state index is 0.00469. The average Bonchev–Trinajstić information content (AvgIpc) is 2.54. The Kier molecular flexibility index (Phi) is 4.11. The molecule has 0 saturated carbocycles. The van der Waals surface area contributed by atoms with Crippen LogP contribution < -0.4 is 10.9 Å². The fourth-order valence-corrected chi connectivity index (χ4v) is 2.23. The molecule has 6 nitrogen and oxygen atoms in total. The molecule has 0 saturated heterocycles. The zero-order chi connectivity index (χ0) is 15.4. The van der Waals surface area contributed by atoms with Gasteiger partial charge in [0.15, 0.2) is 11.4 Å². The number of hydrogen-bond acceptors (Lipinski definition) is 5. The molecule has 0 aliphatic carbocycles. The third-order valence-electron chi connectivity index (χ3n) is 3.31. The third kappa shape index (κ3) is 3.12. The quantitative estimate of drug-likeness (QED) is 0.690. The molecule has 0 aromatic carbocycles. The van der Waals surface area contributed by atoms with E-state index in [2.05, 4.69) is 15.3 Å². The van der Waals surface area contributed by atoms with Crippen molar-refractivity contribution >= 4 is 5.65 Å². The van der Waals surface area contributed by atoms with E-state index in [1.807, 2.05) is 18.2 Å². The maximum absolute atomic E-state index is 12.0. The minimum atomic E-state index is -0.206. The third-order valence-corrected chi connectivity index (χ3v) is 3.31. The van der Waals surface area contributed by atoms with E-state index in [-0.39, 0.29) is 17.0 Å². The van der Waals surface area contributed by atoms with Crippen LogP contribution in [-0.2, 0) is 13.0 Å². The lowest BCUT2D eigenvalue weighted by atomic mass is 10.2. The van der Waals surface area contributed by atoms with Crippen LogP contribution in [0.4, 0.5) is 0 Å². The van der Waals surface area contributed by atoms with Crippen molar-refractivity contribution in [2.24, 2.45) is 0 Å². The second-order valence-corrected chi connectivity index (χ2v) is 4.92. The highest BCUT2D eigenvalue weighted by atomic mass is 16.3. The van der Waals surface area contributed by atoms with Gasteiger partial charge in [-0.15, -0.1) is 0 Å². The molecule has 0 fully saturated rings. The molecular formula is C16H16N4O2. The van der Waals surface area contributed by atoms with Crippen molar-refractivity contribution in [2.75, 3.05) is 6.54 Å². The normalized spacial score (nSPS) is 10.9. The van der Waals surface area contributed by atoms with Gasteiger partial charge in [-0.2, -0.15) is 0 Å². The highest BCUT2D eigenvalue weighted by Gasteiger charge is 2.05. The van der Waals surface area contributed by atoms with E-state index in [9.17, 15) is 9.90 Å². The summed E-state index contributed by atoms with van der Waals surface area (Å²) >= 11 is 0. The van der Waals surface area contributed by atoms with Gasteiger partial charge in [0, 0.05) is 43.7 Å². The number of hydrogen-bond donors (Lipinski definition) is 2. The van der Waals surface area contributed by atoms with Gasteiger partial charge < -0.3 is 10.4 Å². The lowest BCUT2D eigenvalue weighted by molar-refractivity contribution is 0.476.